The molecule has 136 valence electrons. The summed E-state index contributed by atoms with van der Waals surface area (Å²) in [6.07, 6.45) is 4.80. The number of aromatic nitrogens is 3. The number of likely N-dealkylation sites (N-methyl/N-ethyl adjacent to an activating group) is 1. The predicted octanol–water partition coefficient (Wildman–Crippen LogP) is 1.38. The first kappa shape index (κ1) is 19.4. The summed E-state index contributed by atoms with van der Waals surface area (Å²) >= 11 is 0. The van der Waals surface area contributed by atoms with Gasteiger partial charge in [-0.2, -0.15) is 0 Å². The Hall–Kier alpha value is -0.900. The number of likely N-dealkylation sites (tertiary alicyclic amines) is 1. The van der Waals surface area contributed by atoms with Crippen molar-refractivity contribution in [2.75, 3.05) is 26.2 Å². The molecule has 1 unspecified atom stereocenters. The van der Waals surface area contributed by atoms with Crippen molar-refractivity contribution in [3.63, 3.8) is 0 Å². The predicted molar refractivity (Wildman–Crippen MR) is 107 cm³/mol. The first-order valence-corrected chi connectivity index (χ1v) is 8.99. The fourth-order valence-electron chi connectivity index (χ4n) is 3.58. The molecule has 0 radical (unpaired) electrons. The number of nitrogens with one attached hydrogen (secondary N) is 2. The van der Waals surface area contributed by atoms with Crippen molar-refractivity contribution in [3.05, 3.63) is 11.6 Å². The lowest BCUT2D eigenvalue weighted by atomic mass is 10.2. The normalized spacial score (nSPS) is 20.8. The number of aliphatic imine (C=N–C) groups is 1. The second-order valence-electron chi connectivity index (χ2n) is 6.29. The van der Waals surface area contributed by atoms with Gasteiger partial charge in [0.2, 0.25) is 0 Å². The van der Waals surface area contributed by atoms with Crippen LogP contribution in [0.1, 0.15) is 44.8 Å². The number of guanidine groups is 1. The monoisotopic (exact) mass is 447 g/mol. The molecule has 8 heteroatoms. The van der Waals surface area contributed by atoms with E-state index in [0.29, 0.717) is 12.6 Å². The van der Waals surface area contributed by atoms with E-state index in [1.54, 1.807) is 0 Å². The largest absolute Gasteiger partial charge is 0.357 e. The zero-order chi connectivity index (χ0) is 16.1. The number of rotatable bonds is 6. The molecule has 1 aromatic heterocycles. The van der Waals surface area contributed by atoms with Crippen molar-refractivity contribution >= 4 is 29.9 Å². The molecule has 0 aliphatic carbocycles. The Morgan fingerprint density at radius 3 is 2.88 bits per heavy atom. The van der Waals surface area contributed by atoms with E-state index < -0.39 is 0 Å². The fraction of sp³-hybridized carbons (Fsp3) is 0.812. The molecule has 1 atom stereocenters. The maximum Gasteiger partial charge on any atom is 0.191 e. The molecule has 24 heavy (non-hydrogen) atoms. The standard InChI is InChI=1S/C16H29N7.HI/c1-3-17-16(18-11-13-7-5-9-22(13)4-2)19-12-15-21-20-14-8-6-10-23(14)15;/h13H,3-12H2,1-2H3,(H2,17,18,19);1H. The highest BCUT2D eigenvalue weighted by Gasteiger charge is 2.23. The lowest BCUT2D eigenvalue weighted by molar-refractivity contribution is 0.267. The maximum absolute atomic E-state index is 4.70. The number of aryl methyl sites for hydroxylation is 1. The first-order chi connectivity index (χ1) is 11.3. The van der Waals surface area contributed by atoms with Crippen LogP contribution in [0.2, 0.25) is 0 Å². The van der Waals surface area contributed by atoms with Crippen LogP contribution in [0.3, 0.4) is 0 Å². The van der Waals surface area contributed by atoms with Gasteiger partial charge in [0.05, 0.1) is 0 Å². The van der Waals surface area contributed by atoms with Gasteiger partial charge in [-0.25, -0.2) is 4.99 Å². The molecule has 1 fully saturated rings. The van der Waals surface area contributed by atoms with Gasteiger partial charge in [-0.15, -0.1) is 34.2 Å². The van der Waals surface area contributed by atoms with Gasteiger partial charge >= 0.3 is 0 Å². The van der Waals surface area contributed by atoms with E-state index in [4.69, 9.17) is 4.99 Å². The van der Waals surface area contributed by atoms with Gasteiger partial charge in [0.1, 0.15) is 12.4 Å². The minimum absolute atomic E-state index is 0. The molecule has 0 aromatic carbocycles. The van der Waals surface area contributed by atoms with Gasteiger partial charge in [-0.05, 0) is 39.3 Å². The minimum atomic E-state index is 0. The van der Waals surface area contributed by atoms with Crippen molar-refractivity contribution in [1.82, 2.24) is 30.3 Å². The van der Waals surface area contributed by atoms with Gasteiger partial charge in [-0.1, -0.05) is 6.92 Å². The molecule has 7 nitrogen and oxygen atoms in total. The van der Waals surface area contributed by atoms with E-state index in [2.05, 4.69) is 44.1 Å². The summed E-state index contributed by atoms with van der Waals surface area (Å²) in [6.45, 7) is 10.1. The van der Waals surface area contributed by atoms with Crippen LogP contribution in [0.5, 0.6) is 0 Å². The van der Waals surface area contributed by atoms with Crippen molar-refractivity contribution < 1.29 is 0 Å². The Labute approximate surface area is 161 Å². The second-order valence-corrected chi connectivity index (χ2v) is 6.29. The summed E-state index contributed by atoms with van der Waals surface area (Å²) < 4.78 is 2.21. The zero-order valence-electron chi connectivity index (χ0n) is 14.8. The molecule has 2 aliphatic rings. The Balaban J connectivity index is 0.00000208. The van der Waals surface area contributed by atoms with Crippen LogP contribution < -0.4 is 10.6 Å². The summed E-state index contributed by atoms with van der Waals surface area (Å²) in [5.74, 6) is 2.97. The summed E-state index contributed by atoms with van der Waals surface area (Å²) in [4.78, 5) is 7.24. The highest BCUT2D eigenvalue weighted by atomic mass is 127. The van der Waals surface area contributed by atoms with Crippen LogP contribution in [0.4, 0.5) is 0 Å². The van der Waals surface area contributed by atoms with Gasteiger partial charge in [-0.3, -0.25) is 4.90 Å². The van der Waals surface area contributed by atoms with E-state index in [-0.39, 0.29) is 24.0 Å². The zero-order valence-corrected chi connectivity index (χ0v) is 17.1. The SMILES string of the molecule is CCNC(=NCc1nnc2n1CCC2)NCC1CCCN1CC.I. The smallest absolute Gasteiger partial charge is 0.191 e. The summed E-state index contributed by atoms with van der Waals surface area (Å²) in [5, 5.41) is 15.4. The van der Waals surface area contributed by atoms with E-state index in [1.165, 1.54) is 25.8 Å². The summed E-state index contributed by atoms with van der Waals surface area (Å²) in [6, 6.07) is 0.626. The first-order valence-electron chi connectivity index (χ1n) is 8.99. The Morgan fingerprint density at radius 1 is 1.21 bits per heavy atom. The van der Waals surface area contributed by atoms with Crippen LogP contribution >= 0.6 is 24.0 Å². The molecule has 0 amide bonds. The molecule has 3 heterocycles. The van der Waals surface area contributed by atoms with Crippen LogP contribution in [-0.2, 0) is 19.5 Å². The van der Waals surface area contributed by atoms with E-state index in [0.717, 1.165) is 50.2 Å². The number of halogens is 1. The topological polar surface area (TPSA) is 70.4 Å². The molecular formula is C16H30IN7. The number of fused-ring (bicyclic) bond motifs is 1. The third-order valence-corrected chi connectivity index (χ3v) is 4.82. The molecule has 3 rings (SSSR count). The third-order valence-electron chi connectivity index (χ3n) is 4.82. The minimum Gasteiger partial charge on any atom is -0.357 e. The molecule has 0 saturated carbocycles. The fourth-order valence-corrected chi connectivity index (χ4v) is 3.58. The van der Waals surface area contributed by atoms with Crippen LogP contribution in [0.25, 0.3) is 0 Å². The van der Waals surface area contributed by atoms with Crippen molar-refractivity contribution in [1.29, 1.82) is 0 Å². The van der Waals surface area contributed by atoms with Gasteiger partial charge in [0.15, 0.2) is 11.8 Å². The van der Waals surface area contributed by atoms with E-state index >= 15 is 0 Å². The maximum atomic E-state index is 4.70. The van der Waals surface area contributed by atoms with Gasteiger partial charge in [0, 0.05) is 32.1 Å². The third kappa shape index (κ3) is 4.59. The van der Waals surface area contributed by atoms with Gasteiger partial charge in [0.25, 0.3) is 0 Å². The molecule has 2 N–H and O–H groups in total. The van der Waals surface area contributed by atoms with Crippen molar-refractivity contribution in [2.24, 2.45) is 4.99 Å². The highest BCUT2D eigenvalue weighted by molar-refractivity contribution is 14.0. The Bertz CT molecular complexity index is 543. The van der Waals surface area contributed by atoms with Gasteiger partial charge < -0.3 is 15.2 Å². The summed E-state index contributed by atoms with van der Waals surface area (Å²) in [5.41, 5.74) is 0. The van der Waals surface area contributed by atoms with Crippen molar-refractivity contribution in [2.45, 2.75) is 58.7 Å². The molecule has 2 aliphatic heterocycles. The van der Waals surface area contributed by atoms with E-state index in [1.807, 2.05) is 0 Å². The molecule has 0 bridgehead atoms. The molecule has 0 spiro atoms. The Kier molecular flexibility index (Phi) is 7.73. The highest BCUT2D eigenvalue weighted by Crippen LogP contribution is 2.16. The van der Waals surface area contributed by atoms with Crippen LogP contribution in [0, 0.1) is 0 Å². The number of nitrogens with zero attached hydrogens (tertiary/aromatic N) is 5. The molecule has 1 aromatic rings. The second kappa shape index (κ2) is 9.55. The van der Waals surface area contributed by atoms with Crippen LogP contribution in [-0.4, -0.2) is 57.8 Å². The molecule has 1 saturated heterocycles. The molecular weight excluding hydrogens is 417 g/mol. The lowest BCUT2D eigenvalue weighted by Crippen LogP contribution is -2.44. The lowest BCUT2D eigenvalue weighted by Gasteiger charge is -2.23. The van der Waals surface area contributed by atoms with Crippen molar-refractivity contribution in [3.8, 4) is 0 Å². The number of hydrogen-bond donors (Lipinski definition) is 2. The number of hydrogen-bond acceptors (Lipinski definition) is 4. The van der Waals surface area contributed by atoms with Crippen LogP contribution in [0.15, 0.2) is 4.99 Å². The average Bonchev–Trinajstić information content (AvgIpc) is 3.26. The van der Waals surface area contributed by atoms with E-state index in [9.17, 15) is 0 Å². The summed E-state index contributed by atoms with van der Waals surface area (Å²) in [7, 11) is 0. The Morgan fingerprint density at radius 2 is 2.08 bits per heavy atom. The quantitative estimate of drug-likeness (QED) is 0.392. The average molecular weight is 447 g/mol.